The first-order valence-electron chi connectivity index (χ1n) is 6.81. The van der Waals surface area contributed by atoms with E-state index in [1.165, 1.54) is 0 Å². The van der Waals surface area contributed by atoms with Gasteiger partial charge >= 0.3 is 0 Å². The third-order valence-corrected chi connectivity index (χ3v) is 3.28. The summed E-state index contributed by atoms with van der Waals surface area (Å²) >= 11 is 0. The minimum absolute atomic E-state index is 0.00783. The van der Waals surface area contributed by atoms with Crippen LogP contribution in [0.1, 0.15) is 53.9 Å². The van der Waals surface area contributed by atoms with E-state index in [4.69, 9.17) is 4.74 Å². The third kappa shape index (κ3) is 5.84. The molecule has 1 rings (SSSR count). The largest absolute Gasteiger partial charge is 0.389 e. The maximum atomic E-state index is 10.3. The Hall–Kier alpha value is -0.120. The number of rotatable bonds is 6. The Kier molecular flexibility index (Phi) is 4.99. The highest BCUT2D eigenvalue weighted by Gasteiger charge is 2.35. The SMILES string of the molecule is CC(C)CNCC(C)(O)CC1CCC(C)(C)O1. The van der Waals surface area contributed by atoms with Gasteiger partial charge in [-0.3, -0.25) is 0 Å². The molecule has 0 saturated carbocycles. The summed E-state index contributed by atoms with van der Waals surface area (Å²) in [6, 6.07) is 0. The molecule has 1 heterocycles. The molecule has 0 bridgehead atoms. The van der Waals surface area contributed by atoms with Crippen molar-refractivity contribution in [2.45, 2.75) is 71.2 Å². The predicted octanol–water partition coefficient (Wildman–Crippen LogP) is 2.33. The first kappa shape index (κ1) is 14.9. The number of ether oxygens (including phenoxy) is 1. The fourth-order valence-electron chi connectivity index (χ4n) is 2.41. The second kappa shape index (κ2) is 5.68. The number of aliphatic hydroxyl groups is 1. The highest BCUT2D eigenvalue weighted by molar-refractivity contribution is 4.87. The van der Waals surface area contributed by atoms with Gasteiger partial charge in [0.05, 0.1) is 17.3 Å². The van der Waals surface area contributed by atoms with Crippen molar-refractivity contribution in [3.05, 3.63) is 0 Å². The summed E-state index contributed by atoms with van der Waals surface area (Å²) in [5.74, 6) is 0.618. The fraction of sp³-hybridized carbons (Fsp3) is 1.00. The van der Waals surface area contributed by atoms with Gasteiger partial charge in [0.15, 0.2) is 0 Å². The molecular formula is C14H29NO2. The Bertz CT molecular complexity index is 236. The van der Waals surface area contributed by atoms with E-state index in [0.29, 0.717) is 12.5 Å². The van der Waals surface area contributed by atoms with E-state index in [1.807, 2.05) is 6.92 Å². The highest BCUT2D eigenvalue weighted by atomic mass is 16.5. The monoisotopic (exact) mass is 243 g/mol. The van der Waals surface area contributed by atoms with Crippen LogP contribution in [-0.4, -0.2) is 35.5 Å². The van der Waals surface area contributed by atoms with Crippen LogP contribution in [0.25, 0.3) is 0 Å². The van der Waals surface area contributed by atoms with Gasteiger partial charge < -0.3 is 15.2 Å². The van der Waals surface area contributed by atoms with Gasteiger partial charge in [-0.25, -0.2) is 0 Å². The van der Waals surface area contributed by atoms with Gasteiger partial charge in [-0.05, 0) is 46.1 Å². The molecule has 102 valence electrons. The molecule has 0 aromatic rings. The lowest BCUT2D eigenvalue weighted by Gasteiger charge is -2.28. The van der Waals surface area contributed by atoms with Gasteiger partial charge in [-0.2, -0.15) is 0 Å². The van der Waals surface area contributed by atoms with Gasteiger partial charge in [-0.15, -0.1) is 0 Å². The zero-order valence-electron chi connectivity index (χ0n) is 12.0. The molecule has 0 aliphatic carbocycles. The molecule has 1 aliphatic rings. The van der Waals surface area contributed by atoms with Crippen LogP contribution >= 0.6 is 0 Å². The van der Waals surface area contributed by atoms with Crippen LogP contribution in [0.4, 0.5) is 0 Å². The molecule has 17 heavy (non-hydrogen) atoms. The zero-order chi connectivity index (χ0) is 13.1. The van der Waals surface area contributed by atoms with Crippen LogP contribution in [0.5, 0.6) is 0 Å². The molecule has 2 unspecified atom stereocenters. The molecule has 1 aliphatic heterocycles. The molecule has 2 atom stereocenters. The second-order valence-electron chi connectivity index (χ2n) is 6.76. The number of hydrogen-bond donors (Lipinski definition) is 2. The summed E-state index contributed by atoms with van der Waals surface area (Å²) in [5.41, 5.74) is -0.675. The molecule has 1 fully saturated rings. The second-order valence-corrected chi connectivity index (χ2v) is 6.76. The third-order valence-electron chi connectivity index (χ3n) is 3.28. The normalized spacial score (nSPS) is 27.4. The van der Waals surface area contributed by atoms with Gasteiger partial charge in [0, 0.05) is 13.0 Å². The number of nitrogens with one attached hydrogen (secondary N) is 1. The average Bonchev–Trinajstić information content (AvgIpc) is 2.43. The summed E-state index contributed by atoms with van der Waals surface area (Å²) in [5, 5.41) is 13.6. The van der Waals surface area contributed by atoms with Gasteiger partial charge in [0.1, 0.15) is 0 Å². The maximum Gasteiger partial charge on any atom is 0.0768 e. The van der Waals surface area contributed by atoms with Gasteiger partial charge in [-0.1, -0.05) is 13.8 Å². The molecule has 0 aromatic carbocycles. The van der Waals surface area contributed by atoms with Crippen molar-refractivity contribution in [3.8, 4) is 0 Å². The first-order chi connectivity index (χ1) is 7.70. The Balaban J connectivity index is 2.29. The molecule has 3 nitrogen and oxygen atoms in total. The van der Waals surface area contributed by atoms with Gasteiger partial charge in [0.25, 0.3) is 0 Å². The van der Waals surface area contributed by atoms with E-state index in [2.05, 4.69) is 33.0 Å². The van der Waals surface area contributed by atoms with Crippen LogP contribution in [0.2, 0.25) is 0 Å². The summed E-state index contributed by atoms with van der Waals surface area (Å²) in [7, 11) is 0. The van der Waals surface area contributed by atoms with E-state index < -0.39 is 5.60 Å². The lowest BCUT2D eigenvalue weighted by atomic mass is 9.96. The number of hydrogen-bond acceptors (Lipinski definition) is 3. The summed E-state index contributed by atoms with van der Waals surface area (Å²) in [4.78, 5) is 0. The maximum absolute atomic E-state index is 10.3. The minimum atomic E-state index is -0.667. The van der Waals surface area contributed by atoms with Crippen LogP contribution in [0.3, 0.4) is 0 Å². The predicted molar refractivity (Wildman–Crippen MR) is 71.1 cm³/mol. The molecule has 0 aromatic heterocycles. The van der Waals surface area contributed by atoms with Crippen molar-refractivity contribution in [1.29, 1.82) is 0 Å². The van der Waals surface area contributed by atoms with Crippen LogP contribution in [0.15, 0.2) is 0 Å². The molecule has 0 radical (unpaired) electrons. The Morgan fingerprint density at radius 1 is 1.47 bits per heavy atom. The van der Waals surface area contributed by atoms with Crippen molar-refractivity contribution in [2.24, 2.45) is 5.92 Å². The van der Waals surface area contributed by atoms with Crippen molar-refractivity contribution in [2.75, 3.05) is 13.1 Å². The Morgan fingerprint density at radius 3 is 2.59 bits per heavy atom. The standard InChI is InChI=1S/C14H29NO2/c1-11(2)9-15-10-14(5,16)8-12-6-7-13(3,4)17-12/h11-12,15-16H,6-10H2,1-5H3. The van der Waals surface area contributed by atoms with Crippen LogP contribution in [0, 0.1) is 5.92 Å². The minimum Gasteiger partial charge on any atom is -0.389 e. The Morgan fingerprint density at radius 2 is 2.12 bits per heavy atom. The van der Waals surface area contributed by atoms with E-state index >= 15 is 0 Å². The summed E-state index contributed by atoms with van der Waals surface area (Å²) < 4.78 is 5.92. The highest BCUT2D eigenvalue weighted by Crippen LogP contribution is 2.33. The van der Waals surface area contributed by atoms with Crippen LogP contribution < -0.4 is 5.32 Å². The zero-order valence-corrected chi connectivity index (χ0v) is 12.0. The average molecular weight is 243 g/mol. The van der Waals surface area contributed by atoms with Crippen molar-refractivity contribution < 1.29 is 9.84 Å². The van der Waals surface area contributed by atoms with E-state index in [9.17, 15) is 5.11 Å². The summed E-state index contributed by atoms with van der Waals surface area (Å²) in [6.07, 6.45) is 3.09. The van der Waals surface area contributed by atoms with Gasteiger partial charge in [0.2, 0.25) is 0 Å². The lowest BCUT2D eigenvalue weighted by molar-refractivity contribution is -0.0575. The molecule has 0 amide bonds. The van der Waals surface area contributed by atoms with Crippen molar-refractivity contribution >= 4 is 0 Å². The summed E-state index contributed by atoms with van der Waals surface area (Å²) in [6.45, 7) is 12.1. The van der Waals surface area contributed by atoms with E-state index in [0.717, 1.165) is 25.8 Å². The smallest absolute Gasteiger partial charge is 0.0768 e. The molecule has 3 heteroatoms. The first-order valence-corrected chi connectivity index (χ1v) is 6.81. The molecule has 0 spiro atoms. The quantitative estimate of drug-likeness (QED) is 0.752. The molecule has 2 N–H and O–H groups in total. The Labute approximate surface area is 106 Å². The van der Waals surface area contributed by atoms with E-state index in [1.54, 1.807) is 0 Å². The topological polar surface area (TPSA) is 41.5 Å². The van der Waals surface area contributed by atoms with Crippen molar-refractivity contribution in [3.63, 3.8) is 0 Å². The fourth-order valence-corrected chi connectivity index (χ4v) is 2.41. The molecule has 1 saturated heterocycles. The lowest BCUT2D eigenvalue weighted by Crippen LogP contribution is -2.42. The van der Waals surface area contributed by atoms with E-state index in [-0.39, 0.29) is 11.7 Å². The van der Waals surface area contributed by atoms with Crippen LogP contribution in [-0.2, 0) is 4.74 Å². The molecular weight excluding hydrogens is 214 g/mol. The van der Waals surface area contributed by atoms with Crippen molar-refractivity contribution in [1.82, 2.24) is 5.32 Å².